The number of nitrogens with zero attached hydrogens (tertiary/aromatic N) is 2. The van der Waals surface area contributed by atoms with E-state index in [1.54, 1.807) is 7.11 Å². The summed E-state index contributed by atoms with van der Waals surface area (Å²) in [5.41, 5.74) is 3.84. The highest BCUT2D eigenvalue weighted by atomic mass is 35.5. The van der Waals surface area contributed by atoms with Gasteiger partial charge in [-0.1, -0.05) is 59.6 Å². The first kappa shape index (κ1) is 21.2. The maximum atomic E-state index is 12.7. The van der Waals surface area contributed by atoms with Gasteiger partial charge in [-0.2, -0.15) is 0 Å². The number of imidazole rings is 1. The number of aromatic nitrogens is 3. The number of halogens is 2. The van der Waals surface area contributed by atoms with Crippen LogP contribution in [0.3, 0.4) is 0 Å². The second-order valence-corrected chi connectivity index (χ2v) is 7.84. The summed E-state index contributed by atoms with van der Waals surface area (Å²) in [5, 5.41) is 3.32. The summed E-state index contributed by atoms with van der Waals surface area (Å²) in [7, 11) is 1.61. The summed E-state index contributed by atoms with van der Waals surface area (Å²) in [4.78, 5) is 24.7. The molecule has 6 nitrogen and oxygen atoms in total. The van der Waals surface area contributed by atoms with Crippen LogP contribution < -0.4 is 10.1 Å². The number of rotatable bonds is 7. The molecule has 0 aliphatic carbocycles. The van der Waals surface area contributed by atoms with E-state index in [4.69, 9.17) is 32.9 Å². The van der Waals surface area contributed by atoms with Crippen molar-refractivity contribution in [1.29, 1.82) is 0 Å². The van der Waals surface area contributed by atoms with Crippen molar-refractivity contribution in [3.8, 4) is 5.75 Å². The lowest BCUT2D eigenvalue weighted by Crippen LogP contribution is -2.15. The largest absolute Gasteiger partial charge is 0.494 e. The van der Waals surface area contributed by atoms with Gasteiger partial charge in [-0.3, -0.25) is 9.78 Å². The molecule has 0 spiro atoms. The van der Waals surface area contributed by atoms with Crippen LogP contribution in [0.25, 0.3) is 11.0 Å². The Labute approximate surface area is 189 Å². The molecule has 0 fully saturated rings. The summed E-state index contributed by atoms with van der Waals surface area (Å²) >= 11 is 12.2. The summed E-state index contributed by atoms with van der Waals surface area (Å²) in [6, 6.07) is 13.9. The first-order valence-corrected chi connectivity index (χ1v) is 10.5. The van der Waals surface area contributed by atoms with Crippen LogP contribution in [0, 0.1) is 0 Å². The van der Waals surface area contributed by atoms with Gasteiger partial charge in [0.1, 0.15) is 17.1 Å². The van der Waals surface area contributed by atoms with Gasteiger partial charge >= 0.3 is 0 Å². The van der Waals surface area contributed by atoms with Crippen molar-refractivity contribution < 1.29 is 9.53 Å². The number of fused-ring (bicyclic) bond motifs is 1. The third kappa shape index (κ3) is 4.81. The van der Waals surface area contributed by atoms with Crippen molar-refractivity contribution >= 4 is 45.8 Å². The zero-order valence-corrected chi connectivity index (χ0v) is 18.3. The maximum absolute atomic E-state index is 12.7. The van der Waals surface area contributed by atoms with Crippen LogP contribution >= 0.6 is 23.2 Å². The summed E-state index contributed by atoms with van der Waals surface area (Å²) in [6.07, 6.45) is 4.58. The number of methoxy groups -OCH3 is 1. The standard InChI is InChI=1S/C23H20Cl2N4O2/c1-31-18-9-8-15(11-20(30)29-22-16(24)12-26-13-17(22)25)21-23(18)28-19(27-21)10-7-14-5-3-2-4-6-14/h2-6,8-9,12-13H,7,10-11H2,1H3,(H,27,28)(H,26,29,30). The molecule has 0 radical (unpaired) electrons. The second kappa shape index (κ2) is 9.37. The number of aryl methyl sites for hydroxylation is 2. The van der Waals surface area contributed by atoms with Crippen LogP contribution in [0.5, 0.6) is 5.75 Å². The van der Waals surface area contributed by atoms with E-state index in [1.807, 2.05) is 30.3 Å². The Morgan fingerprint density at radius 2 is 1.81 bits per heavy atom. The molecule has 4 aromatic rings. The van der Waals surface area contributed by atoms with Crippen LogP contribution in [0.15, 0.2) is 54.9 Å². The van der Waals surface area contributed by atoms with Crippen molar-refractivity contribution in [2.75, 3.05) is 12.4 Å². The fourth-order valence-electron chi connectivity index (χ4n) is 3.40. The van der Waals surface area contributed by atoms with Gasteiger partial charge in [-0.15, -0.1) is 0 Å². The molecule has 2 heterocycles. The molecule has 2 aromatic heterocycles. The lowest BCUT2D eigenvalue weighted by Gasteiger charge is -2.09. The highest BCUT2D eigenvalue weighted by Crippen LogP contribution is 2.30. The monoisotopic (exact) mass is 454 g/mol. The molecular formula is C23H20Cl2N4O2. The second-order valence-electron chi connectivity index (χ2n) is 7.02. The number of aromatic amines is 1. The lowest BCUT2D eigenvalue weighted by molar-refractivity contribution is -0.115. The average molecular weight is 455 g/mol. The quantitative estimate of drug-likeness (QED) is 0.400. The lowest BCUT2D eigenvalue weighted by atomic mass is 10.1. The van der Waals surface area contributed by atoms with E-state index < -0.39 is 0 Å². The van der Waals surface area contributed by atoms with Gasteiger partial charge in [-0.05, 0) is 23.6 Å². The number of carbonyl (C=O) groups excluding carboxylic acids is 1. The SMILES string of the molecule is COc1ccc(CC(=O)Nc2c(Cl)cncc2Cl)c2nc(CCc3ccccc3)[nH]c12. The number of H-pyrrole nitrogens is 1. The Bertz CT molecular complexity index is 1200. The minimum atomic E-state index is -0.254. The predicted octanol–water partition coefficient (Wildman–Crippen LogP) is 5.24. The molecule has 0 saturated carbocycles. The number of pyridine rings is 1. The van der Waals surface area contributed by atoms with Gasteiger partial charge in [0.25, 0.3) is 0 Å². The van der Waals surface area contributed by atoms with Crippen LogP contribution in [-0.2, 0) is 24.1 Å². The first-order chi connectivity index (χ1) is 15.0. The van der Waals surface area contributed by atoms with Gasteiger partial charge in [0, 0.05) is 18.8 Å². The van der Waals surface area contributed by atoms with Gasteiger partial charge in [-0.25, -0.2) is 4.98 Å². The first-order valence-electron chi connectivity index (χ1n) is 9.72. The zero-order valence-electron chi connectivity index (χ0n) is 16.8. The molecule has 0 unspecified atom stereocenters. The van der Waals surface area contributed by atoms with E-state index in [9.17, 15) is 4.79 Å². The van der Waals surface area contributed by atoms with E-state index >= 15 is 0 Å². The van der Waals surface area contributed by atoms with E-state index in [0.717, 1.165) is 29.7 Å². The molecule has 0 atom stereocenters. The molecule has 2 N–H and O–H groups in total. The number of carbonyl (C=O) groups is 1. The average Bonchev–Trinajstić information content (AvgIpc) is 3.21. The molecule has 2 aromatic carbocycles. The number of ether oxygens (including phenoxy) is 1. The topological polar surface area (TPSA) is 79.9 Å². The van der Waals surface area contributed by atoms with E-state index in [1.165, 1.54) is 18.0 Å². The number of nitrogens with one attached hydrogen (secondary N) is 2. The Balaban J connectivity index is 1.57. The number of amides is 1. The molecule has 0 saturated heterocycles. The fraction of sp³-hybridized carbons (Fsp3) is 0.174. The van der Waals surface area contributed by atoms with Gasteiger partial charge < -0.3 is 15.0 Å². The third-order valence-corrected chi connectivity index (χ3v) is 5.49. The summed E-state index contributed by atoms with van der Waals surface area (Å²) in [5.74, 6) is 1.26. The highest BCUT2D eigenvalue weighted by molar-refractivity contribution is 6.39. The number of hydrogen-bond acceptors (Lipinski definition) is 4. The molecule has 31 heavy (non-hydrogen) atoms. The molecular weight excluding hydrogens is 435 g/mol. The Morgan fingerprint density at radius 3 is 2.52 bits per heavy atom. The zero-order chi connectivity index (χ0) is 21.8. The van der Waals surface area contributed by atoms with E-state index in [-0.39, 0.29) is 22.4 Å². The number of benzene rings is 2. The van der Waals surface area contributed by atoms with Gasteiger partial charge in [0.05, 0.1) is 34.8 Å². The number of anilines is 1. The van der Waals surface area contributed by atoms with Crippen LogP contribution in [0.4, 0.5) is 5.69 Å². The van der Waals surface area contributed by atoms with Crippen molar-refractivity contribution in [3.63, 3.8) is 0 Å². The molecule has 1 amide bonds. The minimum Gasteiger partial charge on any atom is -0.494 e. The smallest absolute Gasteiger partial charge is 0.228 e. The maximum Gasteiger partial charge on any atom is 0.228 e. The van der Waals surface area contributed by atoms with Crippen LogP contribution in [0.2, 0.25) is 10.0 Å². The molecule has 0 aliphatic heterocycles. The van der Waals surface area contributed by atoms with Crippen LogP contribution in [0.1, 0.15) is 17.0 Å². The van der Waals surface area contributed by atoms with E-state index in [2.05, 4.69) is 27.4 Å². The summed E-state index contributed by atoms with van der Waals surface area (Å²) in [6.45, 7) is 0. The van der Waals surface area contributed by atoms with Gasteiger partial charge in [0.2, 0.25) is 5.91 Å². The molecule has 8 heteroatoms. The van der Waals surface area contributed by atoms with E-state index in [0.29, 0.717) is 17.0 Å². The number of hydrogen-bond donors (Lipinski definition) is 2. The Morgan fingerprint density at radius 1 is 1.06 bits per heavy atom. The minimum absolute atomic E-state index is 0.110. The highest BCUT2D eigenvalue weighted by Gasteiger charge is 2.16. The van der Waals surface area contributed by atoms with Crippen molar-refractivity contribution in [2.45, 2.75) is 19.3 Å². The molecule has 4 rings (SSSR count). The molecule has 0 aliphatic rings. The van der Waals surface area contributed by atoms with Crippen molar-refractivity contribution in [2.24, 2.45) is 0 Å². The predicted molar refractivity (Wildman–Crippen MR) is 123 cm³/mol. The van der Waals surface area contributed by atoms with Crippen molar-refractivity contribution in [3.05, 3.63) is 81.9 Å². The Hall–Kier alpha value is -3.09. The molecule has 0 bridgehead atoms. The fourth-order valence-corrected chi connectivity index (χ4v) is 3.86. The summed E-state index contributed by atoms with van der Waals surface area (Å²) < 4.78 is 5.48. The van der Waals surface area contributed by atoms with Gasteiger partial charge in [0.15, 0.2) is 0 Å². The normalized spacial score (nSPS) is 10.9. The third-order valence-electron chi connectivity index (χ3n) is 4.92. The molecule has 158 valence electrons. The Kier molecular flexibility index (Phi) is 6.39. The van der Waals surface area contributed by atoms with Crippen molar-refractivity contribution in [1.82, 2.24) is 15.0 Å². The van der Waals surface area contributed by atoms with Crippen LogP contribution in [-0.4, -0.2) is 28.0 Å².